The molecule has 0 atom stereocenters. The quantitative estimate of drug-likeness (QED) is 0.581. The topological polar surface area (TPSA) is 26.3 Å². The molecule has 0 aliphatic carbocycles. The molecule has 1 aromatic carbocycles. The van der Waals surface area contributed by atoms with Crippen LogP contribution >= 0.6 is 11.6 Å². The van der Waals surface area contributed by atoms with Gasteiger partial charge in [-0.15, -0.1) is 6.58 Å². The standard InChI is InChI=1S/C13H15ClO2/c1-4-7-10-8-5-6-9-11(10)16-13(2,3)12(14)15/h4-6,8-9H,1,7H2,2-3H3. The Kier molecular flexibility index (Phi) is 4.13. The molecule has 1 aromatic rings. The van der Waals surface area contributed by atoms with E-state index in [9.17, 15) is 4.79 Å². The molecule has 0 bridgehead atoms. The van der Waals surface area contributed by atoms with Crippen molar-refractivity contribution in [1.29, 1.82) is 0 Å². The average molecular weight is 239 g/mol. The SMILES string of the molecule is C=CCc1ccccc1OC(C)(C)C(=O)Cl. The van der Waals surface area contributed by atoms with E-state index in [0.717, 1.165) is 5.56 Å². The second-order valence-electron chi connectivity index (χ2n) is 3.99. The Hall–Kier alpha value is -1.28. The van der Waals surface area contributed by atoms with E-state index in [2.05, 4.69) is 6.58 Å². The maximum absolute atomic E-state index is 11.2. The molecule has 0 saturated heterocycles. The van der Waals surface area contributed by atoms with Crippen molar-refractivity contribution >= 4 is 16.8 Å². The van der Waals surface area contributed by atoms with Gasteiger partial charge in [-0.05, 0) is 43.5 Å². The highest BCUT2D eigenvalue weighted by Gasteiger charge is 2.28. The molecule has 86 valence electrons. The molecule has 1 rings (SSSR count). The Bertz CT molecular complexity index is 397. The first kappa shape index (κ1) is 12.8. The summed E-state index contributed by atoms with van der Waals surface area (Å²) in [6.07, 6.45) is 2.49. The summed E-state index contributed by atoms with van der Waals surface area (Å²) in [5.41, 5.74) is -0.0257. The third kappa shape index (κ3) is 3.11. The fraction of sp³-hybridized carbons (Fsp3) is 0.308. The third-order valence-electron chi connectivity index (χ3n) is 2.18. The average Bonchev–Trinajstić information content (AvgIpc) is 2.20. The number of carbonyl (C=O) groups is 1. The van der Waals surface area contributed by atoms with Gasteiger partial charge in [-0.25, -0.2) is 0 Å². The summed E-state index contributed by atoms with van der Waals surface area (Å²) >= 11 is 5.46. The van der Waals surface area contributed by atoms with Gasteiger partial charge in [0, 0.05) is 0 Å². The smallest absolute Gasteiger partial charge is 0.264 e. The van der Waals surface area contributed by atoms with Crippen molar-refractivity contribution in [2.75, 3.05) is 0 Å². The van der Waals surface area contributed by atoms with Crippen molar-refractivity contribution in [2.45, 2.75) is 25.9 Å². The van der Waals surface area contributed by atoms with Crippen LogP contribution in [-0.2, 0) is 11.2 Å². The van der Waals surface area contributed by atoms with Crippen molar-refractivity contribution in [3.8, 4) is 5.75 Å². The first-order valence-corrected chi connectivity index (χ1v) is 5.43. The second-order valence-corrected chi connectivity index (χ2v) is 4.33. The first-order valence-electron chi connectivity index (χ1n) is 5.05. The molecule has 16 heavy (non-hydrogen) atoms. The van der Waals surface area contributed by atoms with Crippen LogP contribution in [0.4, 0.5) is 0 Å². The van der Waals surface area contributed by atoms with Gasteiger partial charge in [-0.2, -0.15) is 0 Å². The molecule has 2 nitrogen and oxygen atoms in total. The molecule has 0 unspecified atom stereocenters. The minimum Gasteiger partial charge on any atom is -0.478 e. The van der Waals surface area contributed by atoms with Crippen LogP contribution in [0.25, 0.3) is 0 Å². The number of halogens is 1. The Balaban J connectivity index is 2.96. The van der Waals surface area contributed by atoms with Crippen molar-refractivity contribution in [3.63, 3.8) is 0 Å². The van der Waals surface area contributed by atoms with E-state index in [0.29, 0.717) is 12.2 Å². The molecule has 0 amide bonds. The Morgan fingerprint density at radius 2 is 2.12 bits per heavy atom. The van der Waals surface area contributed by atoms with Gasteiger partial charge in [0.1, 0.15) is 5.75 Å². The summed E-state index contributed by atoms with van der Waals surface area (Å²) in [6, 6.07) is 7.53. The van der Waals surface area contributed by atoms with E-state index in [1.54, 1.807) is 19.9 Å². The predicted octanol–water partition coefficient (Wildman–Crippen LogP) is 3.34. The van der Waals surface area contributed by atoms with Gasteiger partial charge in [0.15, 0.2) is 5.60 Å². The van der Waals surface area contributed by atoms with E-state index >= 15 is 0 Å². The van der Waals surface area contributed by atoms with Crippen molar-refractivity contribution in [2.24, 2.45) is 0 Å². The van der Waals surface area contributed by atoms with E-state index in [1.165, 1.54) is 0 Å². The number of ether oxygens (including phenoxy) is 1. The number of para-hydroxylation sites is 1. The predicted molar refractivity (Wildman–Crippen MR) is 65.9 cm³/mol. The number of rotatable bonds is 5. The molecule has 0 aromatic heterocycles. The fourth-order valence-electron chi connectivity index (χ4n) is 1.24. The van der Waals surface area contributed by atoms with Crippen molar-refractivity contribution < 1.29 is 9.53 Å². The number of carbonyl (C=O) groups excluding carboxylic acids is 1. The Morgan fingerprint density at radius 1 is 1.50 bits per heavy atom. The van der Waals surface area contributed by atoms with Gasteiger partial charge < -0.3 is 4.74 Å². The van der Waals surface area contributed by atoms with Crippen molar-refractivity contribution in [1.82, 2.24) is 0 Å². The highest BCUT2D eigenvalue weighted by Crippen LogP contribution is 2.25. The zero-order valence-corrected chi connectivity index (χ0v) is 10.3. The molecule has 0 spiro atoms. The molecule has 0 N–H and O–H groups in total. The molecule has 0 saturated carbocycles. The maximum Gasteiger partial charge on any atom is 0.264 e. The summed E-state index contributed by atoms with van der Waals surface area (Å²) in [5, 5.41) is -0.513. The highest BCUT2D eigenvalue weighted by atomic mass is 35.5. The monoisotopic (exact) mass is 238 g/mol. The third-order valence-corrected chi connectivity index (χ3v) is 2.63. The normalized spacial score (nSPS) is 10.9. The molecular formula is C13H15ClO2. The highest BCUT2D eigenvalue weighted by molar-refractivity contribution is 6.65. The summed E-state index contributed by atoms with van der Waals surface area (Å²) in [6.45, 7) is 6.97. The van der Waals surface area contributed by atoms with E-state index in [4.69, 9.17) is 16.3 Å². The van der Waals surface area contributed by atoms with E-state index in [-0.39, 0.29) is 0 Å². The lowest BCUT2D eigenvalue weighted by Crippen LogP contribution is -2.35. The first-order chi connectivity index (χ1) is 7.47. The molecule has 3 heteroatoms. The maximum atomic E-state index is 11.2. The Morgan fingerprint density at radius 3 is 2.69 bits per heavy atom. The largest absolute Gasteiger partial charge is 0.478 e. The van der Waals surface area contributed by atoms with Crippen LogP contribution in [0.15, 0.2) is 36.9 Å². The molecular weight excluding hydrogens is 224 g/mol. The van der Waals surface area contributed by atoms with Crippen LogP contribution in [-0.4, -0.2) is 10.8 Å². The summed E-state index contributed by atoms with van der Waals surface area (Å²) in [4.78, 5) is 11.2. The van der Waals surface area contributed by atoms with Crippen LogP contribution in [0.3, 0.4) is 0 Å². The number of hydrogen-bond acceptors (Lipinski definition) is 2. The number of allylic oxidation sites excluding steroid dienone is 1. The minimum absolute atomic E-state index is 0.513. The molecule has 0 aliphatic heterocycles. The molecule has 0 aliphatic rings. The summed E-state index contributed by atoms with van der Waals surface area (Å²) in [5.74, 6) is 0.668. The van der Waals surface area contributed by atoms with Crippen LogP contribution in [0.5, 0.6) is 5.75 Å². The number of benzene rings is 1. The molecule has 0 radical (unpaired) electrons. The van der Waals surface area contributed by atoms with Gasteiger partial charge in [0.2, 0.25) is 0 Å². The fourth-order valence-corrected chi connectivity index (χ4v) is 1.28. The van der Waals surface area contributed by atoms with Gasteiger partial charge in [-0.1, -0.05) is 24.3 Å². The van der Waals surface area contributed by atoms with Crippen LogP contribution < -0.4 is 4.74 Å². The van der Waals surface area contributed by atoms with Crippen LogP contribution in [0, 0.1) is 0 Å². The van der Waals surface area contributed by atoms with Crippen LogP contribution in [0.1, 0.15) is 19.4 Å². The lowest BCUT2D eigenvalue weighted by molar-refractivity contribution is -0.123. The Labute approximate surface area is 101 Å². The van der Waals surface area contributed by atoms with E-state index < -0.39 is 10.8 Å². The second kappa shape index (κ2) is 5.17. The zero-order chi connectivity index (χ0) is 12.2. The van der Waals surface area contributed by atoms with E-state index in [1.807, 2.05) is 24.3 Å². The van der Waals surface area contributed by atoms with Gasteiger partial charge in [-0.3, -0.25) is 4.79 Å². The molecule has 0 fully saturated rings. The lowest BCUT2D eigenvalue weighted by Gasteiger charge is -2.23. The zero-order valence-electron chi connectivity index (χ0n) is 9.50. The van der Waals surface area contributed by atoms with Gasteiger partial charge in [0.05, 0.1) is 0 Å². The summed E-state index contributed by atoms with van der Waals surface area (Å²) < 4.78 is 5.62. The molecule has 0 heterocycles. The van der Waals surface area contributed by atoms with Crippen LogP contribution in [0.2, 0.25) is 0 Å². The van der Waals surface area contributed by atoms with Gasteiger partial charge >= 0.3 is 0 Å². The summed E-state index contributed by atoms with van der Waals surface area (Å²) in [7, 11) is 0. The minimum atomic E-state index is -1.02. The lowest BCUT2D eigenvalue weighted by atomic mass is 10.1. The van der Waals surface area contributed by atoms with Crippen molar-refractivity contribution in [3.05, 3.63) is 42.5 Å². The van der Waals surface area contributed by atoms with Gasteiger partial charge in [0.25, 0.3) is 5.24 Å². The number of hydrogen-bond donors (Lipinski definition) is 0.